The minimum atomic E-state index is -0.622. The molecule has 0 aliphatic heterocycles. The van der Waals surface area contributed by atoms with Gasteiger partial charge in [-0.05, 0) is 25.8 Å². The van der Waals surface area contributed by atoms with Crippen LogP contribution >= 0.6 is 0 Å². The monoisotopic (exact) mass is 219 g/mol. The summed E-state index contributed by atoms with van der Waals surface area (Å²) in [5, 5.41) is 3.75. The van der Waals surface area contributed by atoms with Crippen LogP contribution in [0.25, 0.3) is 0 Å². The van der Waals surface area contributed by atoms with E-state index >= 15 is 0 Å². The van der Waals surface area contributed by atoms with Crippen molar-refractivity contribution in [3.63, 3.8) is 0 Å². The van der Waals surface area contributed by atoms with Crippen LogP contribution in [-0.4, -0.2) is 27.8 Å². The first-order chi connectivity index (χ1) is 6.61. The lowest BCUT2D eigenvalue weighted by Crippen LogP contribution is -2.28. The Morgan fingerprint density at radius 3 is 2.36 bits per heavy atom. The number of nitrogens with one attached hydrogen (secondary N) is 1. The van der Waals surface area contributed by atoms with Crippen LogP contribution in [0.3, 0.4) is 0 Å². The van der Waals surface area contributed by atoms with Gasteiger partial charge in [-0.15, -0.1) is 0 Å². The van der Waals surface area contributed by atoms with E-state index in [-0.39, 0.29) is 0 Å². The Morgan fingerprint density at radius 2 is 1.93 bits per heavy atom. The van der Waals surface area contributed by atoms with Gasteiger partial charge in [0.15, 0.2) is 0 Å². The summed E-state index contributed by atoms with van der Waals surface area (Å²) < 4.78 is 11.5. The fourth-order valence-electron chi connectivity index (χ4n) is 1.45. The van der Waals surface area contributed by atoms with Gasteiger partial charge in [-0.3, -0.25) is 4.21 Å². The van der Waals surface area contributed by atoms with Crippen molar-refractivity contribution in [3.8, 4) is 0 Å². The molecular weight excluding hydrogens is 194 g/mol. The van der Waals surface area contributed by atoms with Crippen LogP contribution in [0.15, 0.2) is 0 Å². The SMILES string of the molecule is CCNC(CC)CCCS(=O)C(C)C. The van der Waals surface area contributed by atoms with Gasteiger partial charge in [0.2, 0.25) is 0 Å². The molecule has 0 rings (SSSR count). The fourth-order valence-corrected chi connectivity index (χ4v) is 2.37. The molecule has 86 valence electrons. The third-order valence-electron chi connectivity index (χ3n) is 2.41. The predicted molar refractivity (Wildman–Crippen MR) is 65.1 cm³/mol. The molecule has 2 nitrogen and oxygen atoms in total. The Kier molecular flexibility index (Phi) is 8.49. The maximum Gasteiger partial charge on any atom is 0.0291 e. The van der Waals surface area contributed by atoms with Gasteiger partial charge in [0, 0.05) is 27.8 Å². The van der Waals surface area contributed by atoms with Crippen molar-refractivity contribution in [3.05, 3.63) is 0 Å². The molecular formula is C11H25NOS. The molecule has 2 unspecified atom stereocenters. The van der Waals surface area contributed by atoms with Crippen molar-refractivity contribution < 1.29 is 4.21 Å². The van der Waals surface area contributed by atoms with Crippen LogP contribution in [0, 0.1) is 0 Å². The minimum Gasteiger partial charge on any atom is -0.314 e. The first-order valence-corrected chi connectivity index (χ1v) is 7.10. The second-order valence-electron chi connectivity index (χ2n) is 3.94. The quantitative estimate of drug-likeness (QED) is 0.679. The molecule has 0 radical (unpaired) electrons. The molecule has 0 saturated carbocycles. The maximum absolute atomic E-state index is 11.5. The largest absolute Gasteiger partial charge is 0.314 e. The molecule has 0 heterocycles. The summed E-state index contributed by atoms with van der Waals surface area (Å²) in [5.41, 5.74) is 0. The first-order valence-electron chi connectivity index (χ1n) is 5.72. The predicted octanol–water partition coefficient (Wildman–Crippen LogP) is 2.31. The summed E-state index contributed by atoms with van der Waals surface area (Å²) in [6, 6.07) is 0.615. The molecule has 0 amide bonds. The molecule has 1 N–H and O–H groups in total. The van der Waals surface area contributed by atoms with Crippen LogP contribution < -0.4 is 5.32 Å². The molecule has 0 spiro atoms. The topological polar surface area (TPSA) is 29.1 Å². The summed E-state index contributed by atoms with van der Waals surface area (Å²) in [4.78, 5) is 0. The minimum absolute atomic E-state index is 0.314. The molecule has 3 heteroatoms. The molecule has 0 saturated heterocycles. The summed E-state index contributed by atoms with van der Waals surface area (Å²) in [6.07, 6.45) is 3.40. The molecule has 0 fully saturated rings. The van der Waals surface area contributed by atoms with Crippen molar-refractivity contribution in [1.29, 1.82) is 0 Å². The molecule has 0 aliphatic carbocycles. The van der Waals surface area contributed by atoms with E-state index in [0.717, 1.165) is 25.1 Å². The van der Waals surface area contributed by atoms with Gasteiger partial charge < -0.3 is 5.32 Å². The standard InChI is InChI=1S/C11H25NOS/c1-5-11(12-6-2)8-7-9-14(13)10(3)4/h10-12H,5-9H2,1-4H3. The summed E-state index contributed by atoms with van der Waals surface area (Å²) in [6.45, 7) is 9.42. The Hall–Kier alpha value is 0.110. The highest BCUT2D eigenvalue weighted by molar-refractivity contribution is 7.85. The van der Waals surface area contributed by atoms with Crippen molar-refractivity contribution in [2.24, 2.45) is 0 Å². The second kappa shape index (κ2) is 8.42. The Labute approximate surface area is 91.3 Å². The lowest BCUT2D eigenvalue weighted by molar-refractivity contribution is 0.476. The lowest BCUT2D eigenvalue weighted by Gasteiger charge is -2.15. The zero-order chi connectivity index (χ0) is 11.0. The molecule has 14 heavy (non-hydrogen) atoms. The zero-order valence-electron chi connectivity index (χ0n) is 10.0. The highest BCUT2D eigenvalue weighted by Crippen LogP contribution is 2.04. The zero-order valence-corrected chi connectivity index (χ0v) is 10.8. The van der Waals surface area contributed by atoms with E-state index in [0.29, 0.717) is 11.3 Å². The van der Waals surface area contributed by atoms with Gasteiger partial charge in [-0.1, -0.05) is 27.7 Å². The molecule has 0 aromatic carbocycles. The molecule has 0 bridgehead atoms. The van der Waals surface area contributed by atoms with Gasteiger partial charge in [0.25, 0.3) is 0 Å². The smallest absolute Gasteiger partial charge is 0.0291 e. The number of hydrogen-bond donors (Lipinski definition) is 1. The first kappa shape index (κ1) is 14.1. The van der Waals surface area contributed by atoms with Crippen molar-refractivity contribution in [2.45, 2.75) is 58.2 Å². The van der Waals surface area contributed by atoms with Crippen LogP contribution in [0.5, 0.6) is 0 Å². The average molecular weight is 219 g/mol. The summed E-state index contributed by atoms with van der Waals surface area (Å²) in [7, 11) is -0.622. The maximum atomic E-state index is 11.5. The molecule has 0 aromatic heterocycles. The van der Waals surface area contributed by atoms with E-state index in [1.54, 1.807) is 0 Å². The third-order valence-corrected chi connectivity index (χ3v) is 4.15. The molecule has 0 aliphatic rings. The van der Waals surface area contributed by atoms with Gasteiger partial charge in [-0.25, -0.2) is 0 Å². The number of rotatable bonds is 8. The van der Waals surface area contributed by atoms with Crippen LogP contribution in [0.1, 0.15) is 47.0 Å². The van der Waals surface area contributed by atoms with E-state index in [9.17, 15) is 4.21 Å². The second-order valence-corrected chi connectivity index (χ2v) is 6.05. The van der Waals surface area contributed by atoms with E-state index in [1.807, 2.05) is 13.8 Å². The van der Waals surface area contributed by atoms with E-state index in [4.69, 9.17) is 0 Å². The summed E-state index contributed by atoms with van der Waals surface area (Å²) in [5.74, 6) is 0.861. The number of hydrogen-bond acceptors (Lipinski definition) is 2. The Morgan fingerprint density at radius 1 is 1.29 bits per heavy atom. The highest BCUT2D eigenvalue weighted by Gasteiger charge is 2.07. The Bertz CT molecular complexity index is 159. The Balaban J connectivity index is 3.55. The van der Waals surface area contributed by atoms with Gasteiger partial charge in [0.1, 0.15) is 0 Å². The lowest BCUT2D eigenvalue weighted by atomic mass is 10.1. The van der Waals surface area contributed by atoms with E-state index < -0.39 is 10.8 Å². The fraction of sp³-hybridized carbons (Fsp3) is 1.00. The average Bonchev–Trinajstić information content (AvgIpc) is 2.16. The van der Waals surface area contributed by atoms with Crippen LogP contribution in [0.4, 0.5) is 0 Å². The van der Waals surface area contributed by atoms with Crippen molar-refractivity contribution in [1.82, 2.24) is 5.32 Å². The van der Waals surface area contributed by atoms with E-state index in [1.165, 1.54) is 6.42 Å². The normalized spacial score (nSPS) is 15.8. The highest BCUT2D eigenvalue weighted by atomic mass is 32.2. The van der Waals surface area contributed by atoms with E-state index in [2.05, 4.69) is 19.2 Å². The molecule has 2 atom stereocenters. The molecule has 0 aromatic rings. The summed E-state index contributed by atoms with van der Waals surface area (Å²) >= 11 is 0. The van der Waals surface area contributed by atoms with Gasteiger partial charge >= 0.3 is 0 Å². The van der Waals surface area contributed by atoms with Crippen molar-refractivity contribution in [2.75, 3.05) is 12.3 Å². The van der Waals surface area contributed by atoms with Crippen molar-refractivity contribution >= 4 is 10.8 Å². The van der Waals surface area contributed by atoms with Gasteiger partial charge in [0.05, 0.1) is 0 Å². The third kappa shape index (κ3) is 6.55. The van der Waals surface area contributed by atoms with Crippen LogP contribution in [0.2, 0.25) is 0 Å². The van der Waals surface area contributed by atoms with Crippen LogP contribution in [-0.2, 0) is 10.8 Å². The van der Waals surface area contributed by atoms with Gasteiger partial charge in [-0.2, -0.15) is 0 Å².